The minimum atomic E-state index is 0. The Balaban J connectivity index is 0. The Bertz CT molecular complexity index is 6.00. The van der Waals surface area contributed by atoms with Gasteiger partial charge in [-0.15, -0.1) is 0 Å². The van der Waals surface area contributed by atoms with Crippen LogP contribution in [0.3, 0.4) is 0 Å². The van der Waals surface area contributed by atoms with Crippen LogP contribution in [0.25, 0.3) is 0 Å². The molecule has 0 unspecified atom stereocenters. The van der Waals surface area contributed by atoms with Crippen molar-refractivity contribution < 1.29 is 0 Å². The molecule has 0 aromatic rings. The van der Waals surface area contributed by atoms with Gasteiger partial charge >= 0.3 is 94.5 Å². The molecule has 0 fully saturated rings. The average molecular weight is 440 g/mol. The third kappa shape index (κ3) is 8.94. The van der Waals surface area contributed by atoms with Gasteiger partial charge in [0.15, 0.2) is 0 Å². The van der Waals surface area contributed by atoms with Gasteiger partial charge in [-0.25, -0.2) is 0 Å². The molecule has 0 rings (SSSR count). The van der Waals surface area contributed by atoms with Crippen molar-refractivity contribution in [3.05, 3.63) is 0 Å². The standard InChI is InChI=1S/Ga.In.2Sb.12H/q2*+3;2*-3;;;;;;;;;;;;. The molecular formula is H12GaInSb2. The maximum absolute atomic E-state index is 0. The summed E-state index contributed by atoms with van der Waals surface area (Å²) in [4.78, 5) is 0. The zero-order valence-electron chi connectivity index (χ0n) is 1.15. The van der Waals surface area contributed by atoms with Gasteiger partial charge in [0.25, 0.3) is 0 Å². The van der Waals surface area contributed by atoms with E-state index in [2.05, 4.69) is 0 Å². The van der Waals surface area contributed by atoms with E-state index in [0.717, 1.165) is 0 Å². The van der Waals surface area contributed by atoms with E-state index in [9.17, 15) is 0 Å². The first-order valence-corrected chi connectivity index (χ1v) is 0. The van der Waals surface area contributed by atoms with Crippen LogP contribution in [0.1, 0.15) is 0 Å². The minimum absolute atomic E-state index is 0. The van der Waals surface area contributed by atoms with Crippen LogP contribution in [0.15, 0.2) is 0 Å². The van der Waals surface area contributed by atoms with E-state index < -0.39 is 0 Å². The van der Waals surface area contributed by atoms with E-state index in [1.807, 2.05) is 0 Å². The molecule has 0 aliphatic rings. The fraction of sp³-hybridized carbons (Fsp3) is 0. The van der Waals surface area contributed by atoms with Gasteiger partial charge in [0.05, 0.1) is 0 Å². The van der Waals surface area contributed by atoms with Crippen molar-refractivity contribution in [1.82, 2.24) is 0 Å². The quantitative estimate of drug-likeness (QED) is 0.333. The molecule has 0 spiro atoms. The summed E-state index contributed by atoms with van der Waals surface area (Å²) < 4.78 is 0. The van der Waals surface area contributed by atoms with Crippen LogP contribution < -0.4 is 0 Å². The van der Waals surface area contributed by atoms with Gasteiger partial charge in [-0.3, -0.25) is 0 Å². The molecule has 0 heterocycles. The summed E-state index contributed by atoms with van der Waals surface area (Å²) >= 11 is 0. The summed E-state index contributed by atoms with van der Waals surface area (Å²) in [6.07, 6.45) is 0. The van der Waals surface area contributed by atoms with Gasteiger partial charge in [-0.2, -0.15) is 0 Å². The average Bonchev–Trinajstić information content (AvgIpc) is 0. The molecule has 0 saturated carbocycles. The Kier molecular flexibility index (Phi) is 112. The first kappa shape index (κ1) is 27.3. The molecule has 0 amide bonds. The van der Waals surface area contributed by atoms with E-state index in [4.69, 9.17) is 0 Å². The molecule has 0 saturated heterocycles. The van der Waals surface area contributed by atoms with Crippen molar-refractivity contribution in [3.8, 4) is 0 Å². The summed E-state index contributed by atoms with van der Waals surface area (Å²) in [6.45, 7) is 0. The van der Waals surface area contributed by atoms with Gasteiger partial charge in [-0.05, 0) is 0 Å². The van der Waals surface area contributed by atoms with Crippen molar-refractivity contribution in [2.24, 2.45) is 0 Å². The van der Waals surface area contributed by atoms with Crippen molar-refractivity contribution in [3.63, 3.8) is 0 Å². The second-order valence-electron chi connectivity index (χ2n) is 0. The predicted octanol–water partition coefficient (Wildman–Crippen LogP) is -4.74. The zero-order valence-corrected chi connectivity index (χ0v) is 6.87. The molecule has 28 valence electrons. The second kappa shape index (κ2) is 16.4. The summed E-state index contributed by atoms with van der Waals surface area (Å²) in [5, 5.41) is 0. The van der Waals surface area contributed by atoms with Crippen molar-refractivity contribution in [2.75, 3.05) is 0 Å². The van der Waals surface area contributed by atoms with Gasteiger partial charge in [0.1, 0.15) is 0 Å². The molecule has 0 nitrogen and oxygen atoms in total. The Labute approximate surface area is 92.6 Å². The summed E-state index contributed by atoms with van der Waals surface area (Å²) in [6, 6.07) is 0. The van der Waals surface area contributed by atoms with Gasteiger partial charge in [0, 0.05) is 0 Å². The Morgan fingerprint density at radius 3 is 0.750 bits per heavy atom. The van der Waals surface area contributed by atoms with Crippen molar-refractivity contribution in [2.45, 2.75) is 0 Å². The molecule has 0 atom stereocenters. The number of hydrogen-bond acceptors (Lipinski definition) is 0. The Hall–Kier alpha value is 3.14. The van der Waals surface area contributed by atoms with Crippen LogP contribution in [0.2, 0.25) is 0 Å². The molecule has 0 aliphatic heterocycles. The monoisotopic (exact) mass is 438 g/mol. The topological polar surface area (TPSA) is 0 Å². The van der Waals surface area contributed by atoms with E-state index >= 15 is 0 Å². The third-order valence-corrected chi connectivity index (χ3v) is 0. The molecule has 4 heavy (non-hydrogen) atoms. The van der Waals surface area contributed by atoms with E-state index in [0.29, 0.717) is 0 Å². The normalized spacial score (nSPS) is 0. The fourth-order valence-electron chi connectivity index (χ4n) is 0. The van der Waals surface area contributed by atoms with Gasteiger partial charge in [0.2, 0.25) is 0 Å². The Morgan fingerprint density at radius 1 is 0.750 bits per heavy atom. The number of rotatable bonds is 0. The summed E-state index contributed by atoms with van der Waals surface area (Å²) in [5.74, 6) is 0. The first-order chi connectivity index (χ1) is 0. The van der Waals surface area contributed by atoms with Crippen LogP contribution in [-0.2, 0) is 0 Å². The zero-order chi connectivity index (χ0) is 0. The molecule has 0 aromatic heterocycles. The first-order valence-electron chi connectivity index (χ1n) is 0. The summed E-state index contributed by atoms with van der Waals surface area (Å²) in [7, 11) is 0. The van der Waals surface area contributed by atoms with E-state index in [1.54, 1.807) is 0 Å². The molecule has 4 heteroatoms. The van der Waals surface area contributed by atoms with Crippen LogP contribution in [0, 0.1) is 0 Å². The van der Waals surface area contributed by atoms with Crippen LogP contribution in [0.5, 0.6) is 0 Å². The van der Waals surface area contributed by atoms with Crippen molar-refractivity contribution in [1.29, 1.82) is 0 Å². The fourth-order valence-corrected chi connectivity index (χ4v) is 0. The van der Waals surface area contributed by atoms with Crippen LogP contribution in [0.4, 0.5) is 0 Å². The van der Waals surface area contributed by atoms with Crippen LogP contribution in [-0.4, -0.2) is 94.5 Å². The van der Waals surface area contributed by atoms with Gasteiger partial charge < -0.3 is 0 Å². The summed E-state index contributed by atoms with van der Waals surface area (Å²) in [5.41, 5.74) is 0. The molecule has 0 aromatic carbocycles. The van der Waals surface area contributed by atoms with E-state index in [-0.39, 0.29) is 94.5 Å². The Morgan fingerprint density at radius 2 is 0.750 bits per heavy atom. The second-order valence-corrected chi connectivity index (χ2v) is 0. The van der Waals surface area contributed by atoms with Crippen LogP contribution >= 0.6 is 0 Å². The van der Waals surface area contributed by atoms with Gasteiger partial charge in [-0.1, -0.05) is 0 Å². The maximum atomic E-state index is 0. The molecule has 0 aliphatic carbocycles. The molecule has 0 radical (unpaired) electrons. The molecular weight excluding hydrogens is 428 g/mol. The third-order valence-electron chi connectivity index (χ3n) is 0. The predicted molar refractivity (Wildman–Crippen MR) is 39.8 cm³/mol. The number of hydrogen-bond donors (Lipinski definition) is 0. The van der Waals surface area contributed by atoms with E-state index in [1.165, 1.54) is 0 Å². The molecule has 0 N–H and O–H groups in total. The van der Waals surface area contributed by atoms with Crippen molar-refractivity contribution >= 4 is 94.5 Å². The molecule has 0 bridgehead atoms. The SMILES string of the molecule is [Ga+3].[In+3].[SbH6-3].[SbH6-3].